The maximum absolute atomic E-state index is 13.8. The first kappa shape index (κ1) is 17.3. The van der Waals surface area contributed by atoms with Gasteiger partial charge in [-0.3, -0.25) is 9.52 Å². The number of hydrogen-bond donors (Lipinski definition) is 1. The first-order chi connectivity index (χ1) is 13.0. The molecular formula is C19H15FN2O4S. The Morgan fingerprint density at radius 3 is 2.67 bits per heavy atom. The van der Waals surface area contributed by atoms with Crippen molar-refractivity contribution in [1.29, 1.82) is 0 Å². The van der Waals surface area contributed by atoms with E-state index in [0.29, 0.717) is 24.3 Å². The molecule has 138 valence electrons. The summed E-state index contributed by atoms with van der Waals surface area (Å²) in [5, 5.41) is 0. The molecule has 0 bridgehead atoms. The summed E-state index contributed by atoms with van der Waals surface area (Å²) in [5.74, 6) is -0.827. The SMILES string of the molecule is O=C(c1ccco1)N1CCc2cc(NS(=O)(=O)c3ccccc3F)ccc21. The highest BCUT2D eigenvalue weighted by atomic mass is 32.2. The predicted octanol–water partition coefficient (Wildman–Crippen LogP) is 3.42. The number of furan rings is 1. The van der Waals surface area contributed by atoms with Crippen molar-refractivity contribution in [2.24, 2.45) is 0 Å². The highest BCUT2D eigenvalue weighted by molar-refractivity contribution is 7.92. The van der Waals surface area contributed by atoms with Gasteiger partial charge in [0.25, 0.3) is 15.9 Å². The monoisotopic (exact) mass is 386 g/mol. The number of nitrogens with one attached hydrogen (secondary N) is 1. The average Bonchev–Trinajstić information content (AvgIpc) is 3.31. The van der Waals surface area contributed by atoms with E-state index in [2.05, 4.69) is 4.72 Å². The van der Waals surface area contributed by atoms with Gasteiger partial charge >= 0.3 is 0 Å². The number of benzene rings is 2. The molecule has 1 amide bonds. The van der Waals surface area contributed by atoms with Crippen molar-refractivity contribution < 1.29 is 22.0 Å². The van der Waals surface area contributed by atoms with Gasteiger partial charge in [0.2, 0.25) is 0 Å². The van der Waals surface area contributed by atoms with Crippen LogP contribution in [0.15, 0.2) is 70.2 Å². The molecule has 0 unspecified atom stereocenters. The van der Waals surface area contributed by atoms with Gasteiger partial charge < -0.3 is 9.32 Å². The van der Waals surface area contributed by atoms with E-state index in [9.17, 15) is 17.6 Å². The first-order valence-electron chi connectivity index (χ1n) is 8.21. The van der Waals surface area contributed by atoms with Gasteiger partial charge in [-0.2, -0.15) is 0 Å². The van der Waals surface area contributed by atoms with Gasteiger partial charge in [0, 0.05) is 17.9 Å². The third kappa shape index (κ3) is 3.19. The molecule has 3 aromatic rings. The van der Waals surface area contributed by atoms with E-state index in [1.807, 2.05) is 0 Å². The number of hydrogen-bond acceptors (Lipinski definition) is 4. The summed E-state index contributed by atoms with van der Waals surface area (Å²) in [6, 6.07) is 13.3. The van der Waals surface area contributed by atoms with Crippen LogP contribution in [0.5, 0.6) is 0 Å². The molecule has 4 rings (SSSR count). The second kappa shape index (κ2) is 6.55. The van der Waals surface area contributed by atoms with Crippen LogP contribution in [0, 0.1) is 5.82 Å². The molecule has 6 nitrogen and oxygen atoms in total. The zero-order chi connectivity index (χ0) is 19.0. The summed E-state index contributed by atoms with van der Waals surface area (Å²) >= 11 is 0. The van der Waals surface area contributed by atoms with Gasteiger partial charge in [-0.1, -0.05) is 12.1 Å². The molecule has 0 saturated heterocycles. The fraction of sp³-hybridized carbons (Fsp3) is 0.105. The van der Waals surface area contributed by atoms with E-state index in [0.717, 1.165) is 11.6 Å². The van der Waals surface area contributed by atoms with Crippen LogP contribution >= 0.6 is 0 Å². The Balaban J connectivity index is 1.60. The normalized spacial score (nSPS) is 13.4. The number of carbonyl (C=O) groups is 1. The Kier molecular flexibility index (Phi) is 4.19. The van der Waals surface area contributed by atoms with Crippen LogP contribution in [0.2, 0.25) is 0 Å². The van der Waals surface area contributed by atoms with Crippen LogP contribution in [0.1, 0.15) is 16.1 Å². The lowest BCUT2D eigenvalue weighted by atomic mass is 10.1. The van der Waals surface area contributed by atoms with Gasteiger partial charge in [0.05, 0.1) is 6.26 Å². The molecule has 0 atom stereocenters. The standard InChI is InChI=1S/C19H15FN2O4S/c20-15-4-1-2-6-18(15)27(24,25)21-14-7-8-16-13(12-14)9-10-22(16)19(23)17-5-3-11-26-17/h1-8,11-12,21H,9-10H2. The fourth-order valence-corrected chi connectivity index (χ4v) is 4.21. The maximum atomic E-state index is 13.8. The van der Waals surface area contributed by atoms with E-state index in [1.165, 1.54) is 24.5 Å². The number of nitrogens with zero attached hydrogens (tertiary/aromatic N) is 1. The molecular weight excluding hydrogens is 371 g/mol. The van der Waals surface area contributed by atoms with Crippen molar-refractivity contribution in [3.05, 3.63) is 78.0 Å². The number of halogens is 1. The van der Waals surface area contributed by atoms with Gasteiger partial charge in [-0.15, -0.1) is 0 Å². The number of rotatable bonds is 4. The van der Waals surface area contributed by atoms with Gasteiger partial charge in [0.1, 0.15) is 10.7 Å². The number of sulfonamides is 1. The Bertz CT molecular complexity index is 1110. The summed E-state index contributed by atoms with van der Waals surface area (Å²) in [4.78, 5) is 13.7. The van der Waals surface area contributed by atoms with Gasteiger partial charge in [-0.05, 0) is 54.4 Å². The molecule has 1 aliphatic heterocycles. The van der Waals surface area contributed by atoms with E-state index in [-0.39, 0.29) is 11.7 Å². The molecule has 2 heterocycles. The summed E-state index contributed by atoms with van der Waals surface area (Å²) in [5.41, 5.74) is 1.83. The van der Waals surface area contributed by atoms with Gasteiger partial charge in [0.15, 0.2) is 5.76 Å². The average molecular weight is 386 g/mol. The molecule has 8 heteroatoms. The third-order valence-electron chi connectivity index (χ3n) is 4.33. The van der Waals surface area contributed by atoms with Crippen molar-refractivity contribution in [3.63, 3.8) is 0 Å². The van der Waals surface area contributed by atoms with Crippen molar-refractivity contribution in [3.8, 4) is 0 Å². The van der Waals surface area contributed by atoms with Crippen LogP contribution in [0.3, 0.4) is 0 Å². The zero-order valence-corrected chi connectivity index (χ0v) is 14.9. The van der Waals surface area contributed by atoms with Crippen LogP contribution < -0.4 is 9.62 Å². The van der Waals surface area contributed by atoms with Crippen LogP contribution in [0.25, 0.3) is 0 Å². The third-order valence-corrected chi connectivity index (χ3v) is 5.75. The topological polar surface area (TPSA) is 79.6 Å². The second-order valence-corrected chi connectivity index (χ2v) is 7.71. The zero-order valence-electron chi connectivity index (χ0n) is 14.1. The molecule has 0 fully saturated rings. The largest absolute Gasteiger partial charge is 0.459 e. The minimum absolute atomic E-state index is 0.243. The number of amides is 1. The van der Waals surface area contributed by atoms with Crippen molar-refractivity contribution in [2.75, 3.05) is 16.2 Å². The lowest BCUT2D eigenvalue weighted by molar-refractivity contribution is 0.0963. The van der Waals surface area contributed by atoms with Crippen molar-refractivity contribution >= 4 is 27.3 Å². The predicted molar refractivity (Wildman–Crippen MR) is 97.7 cm³/mol. The summed E-state index contributed by atoms with van der Waals surface area (Å²) < 4.78 is 46.2. The fourth-order valence-electron chi connectivity index (χ4n) is 3.08. The minimum Gasteiger partial charge on any atom is -0.459 e. The molecule has 1 aromatic heterocycles. The molecule has 1 aliphatic rings. The van der Waals surface area contributed by atoms with Crippen LogP contribution in [-0.4, -0.2) is 20.9 Å². The molecule has 1 N–H and O–H groups in total. The Morgan fingerprint density at radius 2 is 1.93 bits per heavy atom. The molecule has 0 spiro atoms. The minimum atomic E-state index is -4.05. The van der Waals surface area contributed by atoms with Crippen LogP contribution in [0.4, 0.5) is 15.8 Å². The molecule has 27 heavy (non-hydrogen) atoms. The Morgan fingerprint density at radius 1 is 1.11 bits per heavy atom. The lowest BCUT2D eigenvalue weighted by Crippen LogP contribution is -2.28. The summed E-state index contributed by atoms with van der Waals surface area (Å²) in [6.45, 7) is 0.471. The summed E-state index contributed by atoms with van der Waals surface area (Å²) in [6.07, 6.45) is 2.02. The second-order valence-electron chi connectivity index (χ2n) is 6.06. The number of carbonyl (C=O) groups excluding carboxylic acids is 1. The molecule has 0 saturated carbocycles. The van der Waals surface area contributed by atoms with Crippen molar-refractivity contribution in [2.45, 2.75) is 11.3 Å². The maximum Gasteiger partial charge on any atom is 0.293 e. The number of fused-ring (bicyclic) bond motifs is 1. The van der Waals surface area contributed by atoms with Gasteiger partial charge in [-0.25, -0.2) is 12.8 Å². The lowest BCUT2D eigenvalue weighted by Gasteiger charge is -2.16. The molecule has 0 aliphatic carbocycles. The van der Waals surface area contributed by atoms with E-state index >= 15 is 0 Å². The smallest absolute Gasteiger partial charge is 0.293 e. The van der Waals surface area contributed by atoms with E-state index < -0.39 is 20.7 Å². The van der Waals surface area contributed by atoms with Crippen molar-refractivity contribution in [1.82, 2.24) is 0 Å². The number of anilines is 2. The summed E-state index contributed by atoms with van der Waals surface area (Å²) in [7, 11) is -4.05. The Hall–Kier alpha value is -3.13. The quantitative estimate of drug-likeness (QED) is 0.745. The van der Waals surface area contributed by atoms with Crippen LogP contribution in [-0.2, 0) is 16.4 Å². The van der Waals surface area contributed by atoms with E-state index in [1.54, 1.807) is 35.2 Å². The first-order valence-corrected chi connectivity index (χ1v) is 9.70. The molecule has 0 radical (unpaired) electrons. The highest BCUT2D eigenvalue weighted by Gasteiger charge is 2.28. The highest BCUT2D eigenvalue weighted by Crippen LogP contribution is 2.32. The molecule has 2 aromatic carbocycles. The Labute approximate surface area is 155 Å². The van der Waals surface area contributed by atoms with E-state index in [4.69, 9.17) is 4.42 Å².